The van der Waals surface area contributed by atoms with Crippen LogP contribution < -0.4 is 0 Å². The Hall–Kier alpha value is -1.06. The number of carbonyl (C=O) groups is 2. The molecule has 0 rings (SSSR count). The first-order valence-corrected chi connectivity index (χ1v) is 7.23. The SMILES string of the molecule is CCCCC(CC)(OC(=O)C(C)C)OC(=O)C(C)C. The van der Waals surface area contributed by atoms with Crippen molar-refractivity contribution in [1.29, 1.82) is 0 Å². The third-order valence-corrected chi connectivity index (χ3v) is 2.97. The van der Waals surface area contributed by atoms with Crippen molar-refractivity contribution in [2.24, 2.45) is 11.8 Å². The van der Waals surface area contributed by atoms with Crippen LogP contribution in [0.2, 0.25) is 0 Å². The van der Waals surface area contributed by atoms with Crippen molar-refractivity contribution in [3.63, 3.8) is 0 Å². The molecule has 0 saturated carbocycles. The van der Waals surface area contributed by atoms with Gasteiger partial charge in [-0.1, -0.05) is 48.0 Å². The van der Waals surface area contributed by atoms with Gasteiger partial charge in [0.05, 0.1) is 11.8 Å². The lowest BCUT2D eigenvalue weighted by atomic mass is 10.1. The van der Waals surface area contributed by atoms with E-state index in [0.717, 1.165) is 12.8 Å². The molecule has 0 aliphatic rings. The fourth-order valence-corrected chi connectivity index (χ4v) is 1.49. The number of rotatable bonds is 8. The quantitative estimate of drug-likeness (QED) is 0.499. The fourth-order valence-electron chi connectivity index (χ4n) is 1.49. The Kier molecular flexibility index (Phi) is 7.72. The molecule has 0 N–H and O–H groups in total. The molecule has 112 valence electrons. The molecule has 0 heterocycles. The Morgan fingerprint density at radius 1 is 0.947 bits per heavy atom. The van der Waals surface area contributed by atoms with Crippen LogP contribution in [-0.2, 0) is 19.1 Å². The van der Waals surface area contributed by atoms with Gasteiger partial charge in [-0.3, -0.25) is 9.59 Å². The van der Waals surface area contributed by atoms with Crippen molar-refractivity contribution in [3.8, 4) is 0 Å². The summed E-state index contributed by atoms with van der Waals surface area (Å²) >= 11 is 0. The van der Waals surface area contributed by atoms with Crippen molar-refractivity contribution in [3.05, 3.63) is 0 Å². The van der Waals surface area contributed by atoms with Crippen LogP contribution in [-0.4, -0.2) is 17.7 Å². The normalized spacial score (nSPS) is 11.8. The first-order chi connectivity index (χ1) is 8.78. The Morgan fingerprint density at radius 2 is 1.37 bits per heavy atom. The zero-order chi connectivity index (χ0) is 15.1. The monoisotopic (exact) mass is 272 g/mol. The van der Waals surface area contributed by atoms with Crippen molar-refractivity contribution in [1.82, 2.24) is 0 Å². The minimum Gasteiger partial charge on any atom is -0.422 e. The second-order valence-corrected chi connectivity index (χ2v) is 5.52. The Bertz CT molecular complexity index is 273. The van der Waals surface area contributed by atoms with E-state index in [1.807, 2.05) is 6.92 Å². The van der Waals surface area contributed by atoms with Gasteiger partial charge in [0.2, 0.25) is 0 Å². The molecule has 0 unspecified atom stereocenters. The van der Waals surface area contributed by atoms with E-state index in [4.69, 9.17) is 9.47 Å². The standard InChI is InChI=1S/C15H28O4/c1-7-9-10-15(8-2,18-13(16)11(3)4)19-14(17)12(5)6/h11-12H,7-10H2,1-6H3. The van der Waals surface area contributed by atoms with Crippen LogP contribution in [0.15, 0.2) is 0 Å². The lowest BCUT2D eigenvalue weighted by Crippen LogP contribution is -2.41. The average Bonchev–Trinajstić information content (AvgIpc) is 2.35. The van der Waals surface area contributed by atoms with Crippen LogP contribution in [0.4, 0.5) is 0 Å². The molecule has 0 atom stereocenters. The van der Waals surface area contributed by atoms with Crippen LogP contribution in [0.1, 0.15) is 67.2 Å². The highest BCUT2D eigenvalue weighted by Crippen LogP contribution is 2.27. The molecule has 0 aromatic carbocycles. The molecule has 0 amide bonds. The summed E-state index contributed by atoms with van der Waals surface area (Å²) in [4.78, 5) is 23.6. The van der Waals surface area contributed by atoms with Crippen LogP contribution in [0.25, 0.3) is 0 Å². The first-order valence-electron chi connectivity index (χ1n) is 7.23. The second kappa shape index (κ2) is 8.18. The Labute approximate surface area is 116 Å². The predicted octanol–water partition coefficient (Wildman–Crippen LogP) is 3.68. The summed E-state index contributed by atoms with van der Waals surface area (Å²) < 4.78 is 11.0. The molecule has 0 fully saturated rings. The van der Waals surface area contributed by atoms with Crippen LogP contribution in [0.5, 0.6) is 0 Å². The van der Waals surface area contributed by atoms with Gasteiger partial charge in [0.15, 0.2) is 0 Å². The zero-order valence-electron chi connectivity index (χ0n) is 13.1. The van der Waals surface area contributed by atoms with Crippen LogP contribution >= 0.6 is 0 Å². The fraction of sp³-hybridized carbons (Fsp3) is 0.867. The van der Waals surface area contributed by atoms with E-state index in [9.17, 15) is 9.59 Å². The number of carbonyl (C=O) groups excluding carboxylic acids is 2. The molecule has 0 spiro atoms. The minimum atomic E-state index is -1.10. The Morgan fingerprint density at radius 3 is 1.63 bits per heavy atom. The van der Waals surface area contributed by atoms with Gasteiger partial charge in [0, 0.05) is 12.8 Å². The summed E-state index contributed by atoms with van der Waals surface area (Å²) in [5.74, 6) is -2.21. The van der Waals surface area contributed by atoms with Crippen molar-refractivity contribution < 1.29 is 19.1 Å². The van der Waals surface area contributed by atoms with E-state index in [1.165, 1.54) is 0 Å². The van der Waals surface area contributed by atoms with Gasteiger partial charge in [0.1, 0.15) is 0 Å². The molecule has 0 aromatic rings. The summed E-state index contributed by atoms with van der Waals surface area (Å²) in [7, 11) is 0. The minimum absolute atomic E-state index is 0.231. The summed E-state index contributed by atoms with van der Waals surface area (Å²) in [5.41, 5.74) is 0. The van der Waals surface area contributed by atoms with Crippen LogP contribution in [0, 0.1) is 11.8 Å². The van der Waals surface area contributed by atoms with Gasteiger partial charge < -0.3 is 9.47 Å². The van der Waals surface area contributed by atoms with Crippen molar-refractivity contribution in [2.45, 2.75) is 73.0 Å². The molecule has 0 saturated heterocycles. The van der Waals surface area contributed by atoms with E-state index in [-0.39, 0.29) is 23.8 Å². The first kappa shape index (κ1) is 17.9. The second-order valence-electron chi connectivity index (χ2n) is 5.52. The maximum atomic E-state index is 11.8. The number of hydrogen-bond acceptors (Lipinski definition) is 4. The predicted molar refractivity (Wildman–Crippen MR) is 74.4 cm³/mol. The van der Waals surface area contributed by atoms with E-state index in [0.29, 0.717) is 12.8 Å². The third-order valence-electron chi connectivity index (χ3n) is 2.97. The highest BCUT2D eigenvalue weighted by molar-refractivity contribution is 5.74. The van der Waals surface area contributed by atoms with Gasteiger partial charge in [-0.15, -0.1) is 0 Å². The molecular weight excluding hydrogens is 244 g/mol. The molecule has 0 aliphatic carbocycles. The van der Waals surface area contributed by atoms with E-state index >= 15 is 0 Å². The third kappa shape index (κ3) is 6.08. The smallest absolute Gasteiger partial charge is 0.311 e. The number of unbranched alkanes of at least 4 members (excludes halogenated alkanes) is 1. The number of ether oxygens (including phenoxy) is 2. The molecular formula is C15H28O4. The topological polar surface area (TPSA) is 52.6 Å². The Balaban J connectivity index is 4.96. The zero-order valence-corrected chi connectivity index (χ0v) is 13.1. The van der Waals surface area contributed by atoms with Crippen molar-refractivity contribution in [2.75, 3.05) is 0 Å². The van der Waals surface area contributed by atoms with Crippen LogP contribution in [0.3, 0.4) is 0 Å². The van der Waals surface area contributed by atoms with Crippen molar-refractivity contribution >= 4 is 11.9 Å². The molecule has 0 bridgehead atoms. The largest absolute Gasteiger partial charge is 0.422 e. The molecule has 19 heavy (non-hydrogen) atoms. The molecule has 0 aliphatic heterocycles. The lowest BCUT2D eigenvalue weighted by Gasteiger charge is -2.33. The average molecular weight is 272 g/mol. The van der Waals surface area contributed by atoms with E-state index in [2.05, 4.69) is 6.92 Å². The maximum absolute atomic E-state index is 11.8. The van der Waals surface area contributed by atoms with Gasteiger partial charge in [-0.2, -0.15) is 0 Å². The summed E-state index contributed by atoms with van der Waals surface area (Å²) in [6.07, 6.45) is 2.84. The number of hydrogen-bond donors (Lipinski definition) is 0. The highest BCUT2D eigenvalue weighted by Gasteiger charge is 2.37. The van der Waals surface area contributed by atoms with E-state index < -0.39 is 5.79 Å². The molecule has 4 heteroatoms. The maximum Gasteiger partial charge on any atom is 0.311 e. The molecule has 0 radical (unpaired) electrons. The summed E-state index contributed by atoms with van der Waals surface area (Å²) in [6, 6.07) is 0. The van der Waals surface area contributed by atoms with E-state index in [1.54, 1.807) is 27.7 Å². The lowest BCUT2D eigenvalue weighted by molar-refractivity contribution is -0.237. The summed E-state index contributed by atoms with van der Waals surface area (Å²) in [6.45, 7) is 11.0. The van der Waals surface area contributed by atoms with Gasteiger partial charge in [0.25, 0.3) is 5.79 Å². The highest BCUT2D eigenvalue weighted by atomic mass is 16.7. The molecule has 4 nitrogen and oxygen atoms in total. The van der Waals surface area contributed by atoms with Gasteiger partial charge in [-0.05, 0) is 6.42 Å². The van der Waals surface area contributed by atoms with Gasteiger partial charge in [-0.25, -0.2) is 0 Å². The molecule has 0 aromatic heterocycles. The number of esters is 2. The summed E-state index contributed by atoms with van der Waals surface area (Å²) in [5, 5.41) is 0. The van der Waals surface area contributed by atoms with Gasteiger partial charge >= 0.3 is 11.9 Å².